The lowest BCUT2D eigenvalue weighted by Gasteiger charge is -1.99. The lowest BCUT2D eigenvalue weighted by molar-refractivity contribution is 0.627. The van der Waals surface area contributed by atoms with Crippen molar-refractivity contribution in [2.45, 2.75) is 0 Å². The summed E-state index contributed by atoms with van der Waals surface area (Å²) in [7, 11) is 0. The minimum Gasteiger partial charge on any atom is -0.383 e. The van der Waals surface area contributed by atoms with Crippen molar-refractivity contribution in [2.75, 3.05) is 6.54 Å². The number of rotatable bonds is 3. The lowest BCUT2D eigenvalue weighted by atomic mass is 10.2. The van der Waals surface area contributed by atoms with Crippen molar-refractivity contribution >= 4 is 5.84 Å². The monoisotopic (exact) mass is 178 g/mol. The van der Waals surface area contributed by atoms with Crippen LogP contribution < -0.4 is 5.73 Å². The second-order valence-corrected chi connectivity index (χ2v) is 2.52. The van der Waals surface area contributed by atoms with E-state index in [4.69, 9.17) is 5.73 Å². The zero-order chi connectivity index (χ0) is 9.68. The number of hydrogen-bond donors (Lipinski definition) is 1. The Morgan fingerprint density at radius 1 is 1.62 bits per heavy atom. The molecule has 0 aliphatic rings. The fraction of sp³-hybridized carbons (Fsp3) is 0.100. The Bertz CT molecular complexity index is 331. The third-order valence-electron chi connectivity index (χ3n) is 1.51. The van der Waals surface area contributed by atoms with Gasteiger partial charge in [0.1, 0.15) is 11.7 Å². The van der Waals surface area contributed by atoms with E-state index in [-0.39, 0.29) is 5.82 Å². The van der Waals surface area contributed by atoms with Crippen molar-refractivity contribution in [1.82, 2.24) is 0 Å². The zero-order valence-electron chi connectivity index (χ0n) is 7.20. The van der Waals surface area contributed by atoms with Crippen molar-refractivity contribution in [1.29, 1.82) is 0 Å². The SMILES string of the molecule is C=CCN=C(N)c1cccc(F)c1. The summed E-state index contributed by atoms with van der Waals surface area (Å²) in [5, 5.41) is 0. The Balaban J connectivity index is 2.88. The predicted molar refractivity (Wildman–Crippen MR) is 52.2 cm³/mol. The standard InChI is InChI=1S/C10H11FN2/c1-2-6-13-10(12)8-4-3-5-9(11)7-8/h2-5,7H,1,6H2,(H2,12,13). The fourth-order valence-corrected chi connectivity index (χ4v) is 0.902. The Morgan fingerprint density at radius 3 is 3.00 bits per heavy atom. The van der Waals surface area contributed by atoms with Crippen LogP contribution in [-0.2, 0) is 0 Å². The number of halogens is 1. The molecule has 2 N–H and O–H groups in total. The topological polar surface area (TPSA) is 38.4 Å². The van der Waals surface area contributed by atoms with Gasteiger partial charge in [0.2, 0.25) is 0 Å². The van der Waals surface area contributed by atoms with Gasteiger partial charge in [-0.2, -0.15) is 0 Å². The molecule has 0 unspecified atom stereocenters. The van der Waals surface area contributed by atoms with Crippen molar-refractivity contribution in [3.8, 4) is 0 Å². The summed E-state index contributed by atoms with van der Waals surface area (Å²) < 4.78 is 12.7. The third kappa shape index (κ3) is 2.71. The quantitative estimate of drug-likeness (QED) is 0.427. The number of benzene rings is 1. The van der Waals surface area contributed by atoms with Crippen LogP contribution in [0.4, 0.5) is 4.39 Å². The summed E-state index contributed by atoms with van der Waals surface area (Å²) >= 11 is 0. The van der Waals surface area contributed by atoms with Gasteiger partial charge in [-0.05, 0) is 12.1 Å². The van der Waals surface area contributed by atoms with Gasteiger partial charge in [-0.3, -0.25) is 4.99 Å². The van der Waals surface area contributed by atoms with Gasteiger partial charge in [-0.25, -0.2) is 4.39 Å². The number of nitrogens with two attached hydrogens (primary N) is 1. The second-order valence-electron chi connectivity index (χ2n) is 2.52. The molecule has 0 spiro atoms. The molecule has 1 aromatic rings. The Kier molecular flexibility index (Phi) is 3.20. The molecule has 0 aliphatic carbocycles. The van der Waals surface area contributed by atoms with Crippen LogP contribution in [-0.4, -0.2) is 12.4 Å². The van der Waals surface area contributed by atoms with Crippen LogP contribution in [0.1, 0.15) is 5.56 Å². The minimum atomic E-state index is -0.311. The number of aliphatic imine (C=N–C) groups is 1. The average Bonchev–Trinajstić information content (AvgIpc) is 2.14. The first kappa shape index (κ1) is 9.45. The van der Waals surface area contributed by atoms with Gasteiger partial charge in [0.05, 0.1) is 6.54 Å². The first-order valence-electron chi connectivity index (χ1n) is 3.91. The molecule has 2 nitrogen and oxygen atoms in total. The summed E-state index contributed by atoms with van der Waals surface area (Å²) in [6.07, 6.45) is 1.63. The summed E-state index contributed by atoms with van der Waals surface area (Å²) in [6.45, 7) is 3.95. The molecular weight excluding hydrogens is 167 g/mol. The van der Waals surface area contributed by atoms with E-state index in [0.717, 1.165) is 0 Å². The van der Waals surface area contributed by atoms with Crippen LogP contribution in [0.2, 0.25) is 0 Å². The van der Waals surface area contributed by atoms with Crippen LogP contribution in [0.15, 0.2) is 41.9 Å². The van der Waals surface area contributed by atoms with Gasteiger partial charge in [-0.15, -0.1) is 6.58 Å². The maximum absolute atomic E-state index is 12.7. The third-order valence-corrected chi connectivity index (χ3v) is 1.51. The number of amidine groups is 1. The van der Waals surface area contributed by atoms with Crippen molar-refractivity contribution < 1.29 is 4.39 Å². The molecule has 3 heteroatoms. The second kappa shape index (κ2) is 4.40. The van der Waals surface area contributed by atoms with Crippen LogP contribution in [0, 0.1) is 5.82 Å². The van der Waals surface area contributed by atoms with Gasteiger partial charge in [-0.1, -0.05) is 18.2 Å². The number of nitrogens with zero attached hydrogens (tertiary/aromatic N) is 1. The highest BCUT2D eigenvalue weighted by atomic mass is 19.1. The maximum atomic E-state index is 12.7. The summed E-state index contributed by atoms with van der Waals surface area (Å²) in [5.41, 5.74) is 6.18. The molecule has 13 heavy (non-hydrogen) atoms. The molecule has 0 radical (unpaired) electrons. The summed E-state index contributed by atoms with van der Waals surface area (Å²) in [5.74, 6) is 0.0219. The molecule has 0 aromatic heterocycles. The molecular formula is C10H11FN2. The van der Waals surface area contributed by atoms with Gasteiger partial charge in [0.25, 0.3) is 0 Å². The summed E-state index contributed by atoms with van der Waals surface area (Å²) in [6, 6.07) is 6.03. The van der Waals surface area contributed by atoms with Crippen molar-refractivity contribution in [3.05, 3.63) is 48.3 Å². The first-order chi connectivity index (χ1) is 6.24. The van der Waals surface area contributed by atoms with Gasteiger partial charge >= 0.3 is 0 Å². The van der Waals surface area contributed by atoms with E-state index in [1.54, 1.807) is 18.2 Å². The molecule has 68 valence electrons. The molecule has 0 amide bonds. The molecule has 0 heterocycles. The Morgan fingerprint density at radius 2 is 2.38 bits per heavy atom. The normalized spacial score (nSPS) is 11.3. The molecule has 0 bridgehead atoms. The average molecular weight is 178 g/mol. The summed E-state index contributed by atoms with van der Waals surface area (Å²) in [4.78, 5) is 3.96. The predicted octanol–water partition coefficient (Wildman–Crippen LogP) is 1.72. The molecule has 0 aliphatic heterocycles. The molecule has 0 saturated carbocycles. The van der Waals surface area contributed by atoms with Gasteiger partial charge in [0.15, 0.2) is 0 Å². The number of hydrogen-bond acceptors (Lipinski definition) is 1. The smallest absolute Gasteiger partial charge is 0.126 e. The zero-order valence-corrected chi connectivity index (χ0v) is 7.20. The molecule has 1 rings (SSSR count). The van der Waals surface area contributed by atoms with E-state index in [9.17, 15) is 4.39 Å². The highest BCUT2D eigenvalue weighted by Crippen LogP contribution is 2.02. The Hall–Kier alpha value is -1.64. The van der Waals surface area contributed by atoms with Crippen LogP contribution >= 0.6 is 0 Å². The molecule has 0 saturated heterocycles. The molecule has 0 fully saturated rings. The van der Waals surface area contributed by atoms with E-state index >= 15 is 0 Å². The Labute approximate surface area is 76.6 Å². The highest BCUT2D eigenvalue weighted by molar-refractivity contribution is 5.97. The van der Waals surface area contributed by atoms with Crippen LogP contribution in [0.5, 0.6) is 0 Å². The minimum absolute atomic E-state index is 0.311. The fourth-order valence-electron chi connectivity index (χ4n) is 0.902. The van der Waals surface area contributed by atoms with E-state index in [2.05, 4.69) is 11.6 Å². The van der Waals surface area contributed by atoms with E-state index in [1.807, 2.05) is 0 Å². The first-order valence-corrected chi connectivity index (χ1v) is 3.91. The van der Waals surface area contributed by atoms with Crippen molar-refractivity contribution in [3.63, 3.8) is 0 Å². The highest BCUT2D eigenvalue weighted by Gasteiger charge is 1.97. The van der Waals surface area contributed by atoms with Gasteiger partial charge < -0.3 is 5.73 Å². The van der Waals surface area contributed by atoms with E-state index in [0.29, 0.717) is 17.9 Å². The van der Waals surface area contributed by atoms with Crippen molar-refractivity contribution in [2.24, 2.45) is 10.7 Å². The van der Waals surface area contributed by atoms with Gasteiger partial charge in [0, 0.05) is 5.56 Å². The molecule has 0 atom stereocenters. The van der Waals surface area contributed by atoms with Crippen LogP contribution in [0.25, 0.3) is 0 Å². The lowest BCUT2D eigenvalue weighted by Crippen LogP contribution is -2.13. The van der Waals surface area contributed by atoms with Crippen LogP contribution in [0.3, 0.4) is 0 Å². The van der Waals surface area contributed by atoms with E-state index in [1.165, 1.54) is 12.1 Å². The largest absolute Gasteiger partial charge is 0.383 e. The maximum Gasteiger partial charge on any atom is 0.126 e. The molecule has 1 aromatic carbocycles. The van der Waals surface area contributed by atoms with E-state index < -0.39 is 0 Å².